The fourth-order valence-corrected chi connectivity index (χ4v) is 3.56. The van der Waals surface area contributed by atoms with Crippen molar-refractivity contribution in [3.63, 3.8) is 0 Å². The molecule has 1 heterocycles. The number of nitrogens with one attached hydrogen (secondary N) is 1. The van der Waals surface area contributed by atoms with Crippen molar-refractivity contribution in [2.45, 2.75) is 70.9 Å². The Balaban J connectivity index is 1.78. The monoisotopic (exact) mass is 274 g/mol. The van der Waals surface area contributed by atoms with Crippen LogP contribution in [0.5, 0.6) is 5.75 Å². The van der Waals surface area contributed by atoms with E-state index in [1.807, 2.05) is 0 Å². The Bertz CT molecular complexity index is 469. The molecule has 20 heavy (non-hydrogen) atoms. The number of ether oxygens (including phenoxy) is 1. The molecule has 0 bridgehead atoms. The lowest BCUT2D eigenvalue weighted by Crippen LogP contribution is -3.16. The van der Waals surface area contributed by atoms with Crippen LogP contribution in [0.1, 0.15) is 64.0 Å². The third-order valence-electron chi connectivity index (χ3n) is 4.94. The molecule has 2 heteroatoms. The second-order valence-electron chi connectivity index (χ2n) is 7.53. The molecule has 110 valence electrons. The average molecular weight is 274 g/mol. The third kappa shape index (κ3) is 2.85. The van der Waals surface area contributed by atoms with Crippen LogP contribution in [0, 0.1) is 0 Å². The zero-order valence-corrected chi connectivity index (χ0v) is 13.2. The van der Waals surface area contributed by atoms with Gasteiger partial charge in [0.15, 0.2) is 0 Å². The van der Waals surface area contributed by atoms with E-state index in [2.05, 4.69) is 39.0 Å². The number of benzene rings is 1. The Morgan fingerprint density at radius 1 is 1.10 bits per heavy atom. The maximum atomic E-state index is 6.02. The van der Waals surface area contributed by atoms with E-state index in [4.69, 9.17) is 4.74 Å². The van der Waals surface area contributed by atoms with Crippen molar-refractivity contribution in [3.8, 4) is 5.75 Å². The summed E-state index contributed by atoms with van der Waals surface area (Å²) in [6.45, 7) is 8.84. The van der Waals surface area contributed by atoms with E-state index >= 15 is 0 Å². The molecule has 1 aliphatic heterocycles. The standard InChI is InChI=1S/C18H27NO/c1-18(2,3)15-9-10-17-14(11-15)12-19(13-20-17)16-7-5-4-6-8-16/h9-11,16H,4-8,12-13H2,1-3H3/p+1. The summed E-state index contributed by atoms with van der Waals surface area (Å²) in [5.41, 5.74) is 3.05. The minimum Gasteiger partial charge on any atom is -0.445 e. The molecule has 2 nitrogen and oxygen atoms in total. The van der Waals surface area contributed by atoms with E-state index in [1.54, 1.807) is 4.90 Å². The van der Waals surface area contributed by atoms with E-state index in [1.165, 1.54) is 43.2 Å². The van der Waals surface area contributed by atoms with Crippen LogP contribution in [0.25, 0.3) is 0 Å². The summed E-state index contributed by atoms with van der Waals surface area (Å²) >= 11 is 0. The van der Waals surface area contributed by atoms with E-state index < -0.39 is 0 Å². The van der Waals surface area contributed by atoms with Crippen molar-refractivity contribution in [3.05, 3.63) is 29.3 Å². The summed E-state index contributed by atoms with van der Waals surface area (Å²) in [7, 11) is 0. The van der Waals surface area contributed by atoms with Crippen molar-refractivity contribution in [1.29, 1.82) is 0 Å². The second kappa shape index (κ2) is 5.40. The molecule has 0 saturated heterocycles. The highest BCUT2D eigenvalue weighted by atomic mass is 16.5. The molecule has 1 atom stereocenters. The summed E-state index contributed by atoms with van der Waals surface area (Å²) in [6.07, 6.45) is 7.00. The van der Waals surface area contributed by atoms with Gasteiger partial charge in [-0.2, -0.15) is 0 Å². The molecule has 0 spiro atoms. The molecule has 1 aromatic rings. The molecule has 1 saturated carbocycles. The van der Waals surface area contributed by atoms with Crippen LogP contribution in [0.15, 0.2) is 18.2 Å². The average Bonchev–Trinajstić information content (AvgIpc) is 2.46. The molecule has 2 aliphatic rings. The number of quaternary nitrogens is 1. The van der Waals surface area contributed by atoms with Gasteiger partial charge in [-0.15, -0.1) is 0 Å². The van der Waals surface area contributed by atoms with E-state index in [-0.39, 0.29) is 5.41 Å². The van der Waals surface area contributed by atoms with Crippen molar-refractivity contribution >= 4 is 0 Å². The van der Waals surface area contributed by atoms with Gasteiger partial charge < -0.3 is 4.74 Å². The lowest BCUT2D eigenvalue weighted by atomic mass is 9.85. The van der Waals surface area contributed by atoms with Crippen LogP contribution < -0.4 is 9.64 Å². The van der Waals surface area contributed by atoms with Crippen molar-refractivity contribution in [1.82, 2.24) is 0 Å². The molecular formula is C18H28NO+. The van der Waals surface area contributed by atoms with Crippen LogP contribution in [0.2, 0.25) is 0 Å². The molecule has 1 fully saturated rings. The number of hydrogen-bond donors (Lipinski definition) is 1. The molecule has 1 N–H and O–H groups in total. The summed E-state index contributed by atoms with van der Waals surface area (Å²) in [5.74, 6) is 1.11. The number of rotatable bonds is 1. The lowest BCUT2D eigenvalue weighted by Gasteiger charge is -2.35. The Morgan fingerprint density at radius 3 is 2.55 bits per heavy atom. The first kappa shape index (κ1) is 13.9. The largest absolute Gasteiger partial charge is 0.445 e. The smallest absolute Gasteiger partial charge is 0.222 e. The van der Waals surface area contributed by atoms with Crippen LogP contribution in [-0.4, -0.2) is 12.8 Å². The summed E-state index contributed by atoms with van der Waals surface area (Å²) in [4.78, 5) is 1.64. The predicted octanol–water partition coefficient (Wildman–Crippen LogP) is 3.05. The van der Waals surface area contributed by atoms with Crippen molar-refractivity contribution in [2.75, 3.05) is 6.73 Å². The Morgan fingerprint density at radius 2 is 1.85 bits per heavy atom. The van der Waals surface area contributed by atoms with Crippen LogP contribution in [-0.2, 0) is 12.0 Å². The lowest BCUT2D eigenvalue weighted by molar-refractivity contribution is -0.957. The molecular weight excluding hydrogens is 246 g/mol. The van der Waals surface area contributed by atoms with Gasteiger partial charge in [-0.1, -0.05) is 33.3 Å². The molecule has 1 unspecified atom stereocenters. The molecule has 1 aliphatic carbocycles. The van der Waals surface area contributed by atoms with Gasteiger partial charge in [0.1, 0.15) is 12.3 Å². The van der Waals surface area contributed by atoms with Gasteiger partial charge >= 0.3 is 0 Å². The molecule has 1 aromatic carbocycles. The molecule has 0 radical (unpaired) electrons. The van der Waals surface area contributed by atoms with Crippen molar-refractivity contribution in [2.24, 2.45) is 0 Å². The summed E-state index contributed by atoms with van der Waals surface area (Å²) < 4.78 is 6.02. The van der Waals surface area contributed by atoms with Crippen LogP contribution in [0.3, 0.4) is 0 Å². The summed E-state index contributed by atoms with van der Waals surface area (Å²) in [6, 6.07) is 7.59. The molecule has 0 amide bonds. The first-order valence-corrected chi connectivity index (χ1v) is 8.15. The summed E-state index contributed by atoms with van der Waals surface area (Å²) in [5, 5.41) is 0. The van der Waals surface area contributed by atoms with E-state index in [0.29, 0.717) is 0 Å². The van der Waals surface area contributed by atoms with E-state index in [9.17, 15) is 0 Å². The number of hydrogen-bond acceptors (Lipinski definition) is 1. The first-order chi connectivity index (χ1) is 9.54. The van der Waals surface area contributed by atoms with Crippen molar-refractivity contribution < 1.29 is 9.64 Å². The van der Waals surface area contributed by atoms with E-state index in [0.717, 1.165) is 25.1 Å². The maximum absolute atomic E-state index is 6.02. The Labute approximate surface area is 123 Å². The van der Waals surface area contributed by atoms with Crippen LogP contribution >= 0.6 is 0 Å². The van der Waals surface area contributed by atoms with Gasteiger partial charge in [0.25, 0.3) is 0 Å². The Kier molecular flexibility index (Phi) is 3.76. The zero-order chi connectivity index (χ0) is 14.2. The predicted molar refractivity (Wildman–Crippen MR) is 82.2 cm³/mol. The highest BCUT2D eigenvalue weighted by Crippen LogP contribution is 2.29. The number of fused-ring (bicyclic) bond motifs is 1. The minimum absolute atomic E-state index is 0.220. The van der Waals surface area contributed by atoms with Gasteiger partial charge in [0.2, 0.25) is 6.73 Å². The Hall–Kier alpha value is -1.02. The fourth-order valence-electron chi connectivity index (χ4n) is 3.56. The third-order valence-corrected chi connectivity index (χ3v) is 4.94. The quantitative estimate of drug-likeness (QED) is 0.831. The maximum Gasteiger partial charge on any atom is 0.222 e. The van der Waals surface area contributed by atoms with Gasteiger partial charge in [-0.25, -0.2) is 0 Å². The van der Waals surface area contributed by atoms with Gasteiger partial charge in [0, 0.05) is 5.56 Å². The SMILES string of the molecule is CC(C)(C)c1ccc2c(c1)C[NH+](C1CCCCC1)CO2. The normalized spacial score (nSPS) is 24.1. The highest BCUT2D eigenvalue weighted by molar-refractivity contribution is 5.39. The van der Waals surface area contributed by atoms with Gasteiger partial charge in [-0.05, 0) is 48.8 Å². The second-order valence-corrected chi connectivity index (χ2v) is 7.53. The van der Waals surface area contributed by atoms with Gasteiger partial charge in [-0.3, -0.25) is 4.90 Å². The topological polar surface area (TPSA) is 13.7 Å². The molecule has 0 aromatic heterocycles. The zero-order valence-electron chi connectivity index (χ0n) is 13.2. The first-order valence-electron chi connectivity index (χ1n) is 8.15. The highest BCUT2D eigenvalue weighted by Gasteiger charge is 2.29. The minimum atomic E-state index is 0.220. The molecule has 3 rings (SSSR count). The fraction of sp³-hybridized carbons (Fsp3) is 0.667. The van der Waals surface area contributed by atoms with Crippen LogP contribution in [0.4, 0.5) is 0 Å². The van der Waals surface area contributed by atoms with Gasteiger partial charge in [0.05, 0.1) is 6.04 Å².